The monoisotopic (exact) mass is 235 g/mol. The molecule has 4 nitrogen and oxygen atoms in total. The van der Waals surface area contributed by atoms with Crippen molar-refractivity contribution in [1.29, 1.82) is 0 Å². The molecule has 0 spiro atoms. The van der Waals surface area contributed by atoms with Gasteiger partial charge in [-0.15, -0.1) is 0 Å². The maximum absolute atomic E-state index is 11.6. The van der Waals surface area contributed by atoms with Crippen LogP contribution in [0.25, 0.3) is 0 Å². The van der Waals surface area contributed by atoms with Crippen molar-refractivity contribution in [3.05, 3.63) is 35.4 Å². The molecule has 1 amide bonds. The van der Waals surface area contributed by atoms with Gasteiger partial charge in [0, 0.05) is 13.6 Å². The first-order valence-electron chi connectivity index (χ1n) is 5.52. The van der Waals surface area contributed by atoms with Gasteiger partial charge in [0.2, 0.25) is 0 Å². The Bertz CT molecular complexity index is 415. The van der Waals surface area contributed by atoms with Crippen LogP contribution in [-0.2, 0) is 20.9 Å². The average Bonchev–Trinajstić information content (AvgIpc) is 2.28. The molecule has 0 heterocycles. The second kappa shape index (κ2) is 6.03. The van der Waals surface area contributed by atoms with Crippen molar-refractivity contribution in [3.8, 4) is 0 Å². The quantitative estimate of drug-likeness (QED) is 0.589. The van der Waals surface area contributed by atoms with E-state index < -0.39 is 11.9 Å². The van der Waals surface area contributed by atoms with Crippen molar-refractivity contribution in [2.24, 2.45) is 0 Å². The van der Waals surface area contributed by atoms with Crippen molar-refractivity contribution in [3.63, 3.8) is 0 Å². The summed E-state index contributed by atoms with van der Waals surface area (Å²) in [6, 6.07) is 7.81. The predicted octanol–water partition coefficient (Wildman–Crippen LogP) is 1.52. The topological polar surface area (TPSA) is 46.6 Å². The molecular weight excluding hydrogens is 218 g/mol. The molecule has 0 aromatic heterocycles. The highest BCUT2D eigenvalue weighted by atomic mass is 16.5. The molecule has 0 radical (unpaired) electrons. The zero-order valence-corrected chi connectivity index (χ0v) is 10.4. The Labute approximate surface area is 101 Å². The summed E-state index contributed by atoms with van der Waals surface area (Å²) in [5.41, 5.74) is 2.12. The van der Waals surface area contributed by atoms with Gasteiger partial charge in [-0.3, -0.25) is 4.79 Å². The van der Waals surface area contributed by atoms with Gasteiger partial charge in [-0.1, -0.05) is 29.8 Å². The van der Waals surface area contributed by atoms with Gasteiger partial charge >= 0.3 is 11.9 Å². The van der Waals surface area contributed by atoms with Crippen LogP contribution >= 0.6 is 0 Å². The fourth-order valence-corrected chi connectivity index (χ4v) is 1.50. The number of amides is 1. The number of hydrogen-bond acceptors (Lipinski definition) is 3. The molecule has 92 valence electrons. The number of carbonyl (C=O) groups excluding carboxylic acids is 2. The van der Waals surface area contributed by atoms with Crippen molar-refractivity contribution in [1.82, 2.24) is 4.90 Å². The number of benzene rings is 1. The SMILES string of the molecule is CCOC(=O)C(=O)N(C)Cc1cccc(C)c1. The molecule has 4 heteroatoms. The van der Waals surface area contributed by atoms with Crippen molar-refractivity contribution >= 4 is 11.9 Å². The van der Waals surface area contributed by atoms with Crippen LogP contribution in [0.15, 0.2) is 24.3 Å². The average molecular weight is 235 g/mol. The van der Waals surface area contributed by atoms with Crippen molar-refractivity contribution in [2.45, 2.75) is 20.4 Å². The first-order valence-corrected chi connectivity index (χ1v) is 5.52. The minimum atomic E-state index is -0.803. The van der Waals surface area contributed by atoms with Crippen LogP contribution in [0.2, 0.25) is 0 Å². The van der Waals surface area contributed by atoms with E-state index in [1.807, 2.05) is 31.2 Å². The Morgan fingerprint density at radius 3 is 2.65 bits per heavy atom. The lowest BCUT2D eigenvalue weighted by atomic mass is 10.1. The highest BCUT2D eigenvalue weighted by Gasteiger charge is 2.19. The summed E-state index contributed by atoms with van der Waals surface area (Å²) in [6.45, 7) is 4.27. The molecule has 0 aliphatic rings. The number of ether oxygens (including phenoxy) is 1. The molecule has 1 aromatic carbocycles. The largest absolute Gasteiger partial charge is 0.459 e. The Hall–Kier alpha value is -1.84. The van der Waals surface area contributed by atoms with Gasteiger partial charge in [-0.2, -0.15) is 0 Å². The maximum atomic E-state index is 11.6. The first-order chi connectivity index (χ1) is 8.04. The van der Waals surface area contributed by atoms with Crippen LogP contribution in [0.1, 0.15) is 18.1 Å². The normalized spacial score (nSPS) is 9.82. The van der Waals surface area contributed by atoms with E-state index in [1.165, 1.54) is 4.90 Å². The minimum absolute atomic E-state index is 0.211. The summed E-state index contributed by atoms with van der Waals surface area (Å²) in [6.07, 6.45) is 0. The number of hydrogen-bond donors (Lipinski definition) is 0. The molecule has 0 atom stereocenters. The molecule has 1 rings (SSSR count). The number of rotatable bonds is 3. The van der Waals surface area contributed by atoms with Crippen LogP contribution in [0, 0.1) is 6.92 Å². The highest BCUT2D eigenvalue weighted by molar-refractivity contribution is 6.32. The van der Waals surface area contributed by atoms with Crippen LogP contribution in [-0.4, -0.2) is 30.4 Å². The number of aryl methyl sites for hydroxylation is 1. The molecule has 0 N–H and O–H groups in total. The molecule has 1 aromatic rings. The number of nitrogens with zero attached hydrogens (tertiary/aromatic N) is 1. The zero-order valence-electron chi connectivity index (χ0n) is 10.4. The van der Waals surface area contributed by atoms with Gasteiger partial charge in [-0.25, -0.2) is 4.79 Å². The van der Waals surface area contributed by atoms with Crippen LogP contribution in [0.3, 0.4) is 0 Å². The lowest BCUT2D eigenvalue weighted by Crippen LogP contribution is -2.34. The van der Waals surface area contributed by atoms with Crippen LogP contribution in [0.4, 0.5) is 0 Å². The van der Waals surface area contributed by atoms with Crippen LogP contribution < -0.4 is 0 Å². The molecule has 0 saturated heterocycles. The van der Waals surface area contributed by atoms with E-state index >= 15 is 0 Å². The third-order valence-electron chi connectivity index (χ3n) is 2.30. The van der Waals surface area contributed by atoms with E-state index in [9.17, 15) is 9.59 Å². The summed E-state index contributed by atoms with van der Waals surface area (Å²) in [5.74, 6) is -1.42. The van der Waals surface area contributed by atoms with Gasteiger partial charge < -0.3 is 9.64 Å². The van der Waals surface area contributed by atoms with E-state index in [-0.39, 0.29) is 6.61 Å². The molecule has 0 unspecified atom stereocenters. The standard InChI is InChI=1S/C13H17NO3/c1-4-17-13(16)12(15)14(3)9-11-7-5-6-10(2)8-11/h5-8H,4,9H2,1-3H3. The molecule has 0 saturated carbocycles. The van der Waals surface area contributed by atoms with E-state index in [4.69, 9.17) is 0 Å². The summed E-state index contributed by atoms with van der Waals surface area (Å²) in [4.78, 5) is 24.2. The van der Waals surface area contributed by atoms with E-state index in [1.54, 1.807) is 14.0 Å². The van der Waals surface area contributed by atoms with Crippen LogP contribution in [0.5, 0.6) is 0 Å². The predicted molar refractivity (Wildman–Crippen MR) is 64.3 cm³/mol. The molecule has 17 heavy (non-hydrogen) atoms. The Morgan fingerprint density at radius 1 is 1.35 bits per heavy atom. The van der Waals surface area contributed by atoms with Gasteiger partial charge in [-0.05, 0) is 19.4 Å². The summed E-state index contributed by atoms with van der Waals surface area (Å²) in [7, 11) is 1.58. The van der Waals surface area contributed by atoms with Gasteiger partial charge in [0.25, 0.3) is 0 Å². The fraction of sp³-hybridized carbons (Fsp3) is 0.385. The van der Waals surface area contributed by atoms with Crippen molar-refractivity contribution in [2.75, 3.05) is 13.7 Å². The highest BCUT2D eigenvalue weighted by Crippen LogP contribution is 2.06. The number of carbonyl (C=O) groups is 2. The number of likely N-dealkylation sites (N-methyl/N-ethyl adjacent to an activating group) is 1. The Morgan fingerprint density at radius 2 is 2.06 bits per heavy atom. The number of esters is 1. The van der Waals surface area contributed by atoms with Gasteiger partial charge in [0.1, 0.15) is 0 Å². The maximum Gasteiger partial charge on any atom is 0.397 e. The molecule has 0 aliphatic carbocycles. The Kier molecular flexibility index (Phi) is 4.69. The van der Waals surface area contributed by atoms with Gasteiger partial charge in [0.15, 0.2) is 0 Å². The third kappa shape index (κ3) is 3.90. The lowest BCUT2D eigenvalue weighted by Gasteiger charge is -2.16. The summed E-state index contributed by atoms with van der Waals surface area (Å²) in [5, 5.41) is 0. The second-order valence-corrected chi connectivity index (χ2v) is 3.87. The van der Waals surface area contributed by atoms with Gasteiger partial charge in [0.05, 0.1) is 6.61 Å². The zero-order chi connectivity index (χ0) is 12.8. The summed E-state index contributed by atoms with van der Waals surface area (Å²) >= 11 is 0. The molecule has 0 fully saturated rings. The fourth-order valence-electron chi connectivity index (χ4n) is 1.50. The first kappa shape index (κ1) is 13.2. The Balaban J connectivity index is 2.63. The van der Waals surface area contributed by atoms with E-state index in [0.717, 1.165) is 11.1 Å². The van der Waals surface area contributed by atoms with Crippen molar-refractivity contribution < 1.29 is 14.3 Å². The minimum Gasteiger partial charge on any atom is -0.459 e. The lowest BCUT2D eigenvalue weighted by molar-refractivity contribution is -0.159. The molecule has 0 bridgehead atoms. The second-order valence-electron chi connectivity index (χ2n) is 3.87. The van der Waals surface area contributed by atoms with E-state index in [0.29, 0.717) is 6.54 Å². The smallest absolute Gasteiger partial charge is 0.397 e. The summed E-state index contributed by atoms with van der Waals surface area (Å²) < 4.78 is 4.66. The molecular formula is C13H17NO3. The van der Waals surface area contributed by atoms with E-state index in [2.05, 4.69) is 4.74 Å². The third-order valence-corrected chi connectivity index (χ3v) is 2.30. The molecule has 0 aliphatic heterocycles.